The van der Waals surface area contributed by atoms with Crippen molar-refractivity contribution in [1.29, 1.82) is 0 Å². The lowest BCUT2D eigenvalue weighted by molar-refractivity contribution is 0.0435. The summed E-state index contributed by atoms with van der Waals surface area (Å²) in [6.45, 7) is 10.1. The zero-order valence-corrected chi connectivity index (χ0v) is 13.8. The van der Waals surface area contributed by atoms with E-state index in [0.717, 1.165) is 19.6 Å². The Morgan fingerprint density at radius 1 is 1.55 bits per heavy atom. The van der Waals surface area contributed by atoms with E-state index < -0.39 is 0 Å². The summed E-state index contributed by atoms with van der Waals surface area (Å²) in [5.41, 5.74) is 0. The molecule has 1 aliphatic rings. The summed E-state index contributed by atoms with van der Waals surface area (Å²) in [6, 6.07) is -0.314. The minimum atomic E-state index is -0.222. The van der Waals surface area contributed by atoms with Gasteiger partial charge >= 0.3 is 6.03 Å². The third kappa shape index (κ3) is 4.43. The van der Waals surface area contributed by atoms with E-state index in [2.05, 4.69) is 29.3 Å². The van der Waals surface area contributed by atoms with Gasteiger partial charge < -0.3 is 19.5 Å². The topological polar surface area (TPSA) is 80.5 Å². The van der Waals surface area contributed by atoms with Crippen molar-refractivity contribution in [1.82, 2.24) is 20.4 Å². The van der Waals surface area contributed by atoms with E-state index in [1.165, 1.54) is 0 Å². The maximum Gasteiger partial charge on any atom is 0.318 e. The second-order valence-corrected chi connectivity index (χ2v) is 6.17. The molecule has 0 saturated carbocycles. The third-order valence-corrected chi connectivity index (χ3v) is 3.66. The Balaban J connectivity index is 1.84. The number of urea groups is 1. The molecule has 1 aromatic heterocycles. The van der Waals surface area contributed by atoms with Gasteiger partial charge in [0.1, 0.15) is 0 Å². The molecule has 2 heterocycles. The molecule has 22 heavy (non-hydrogen) atoms. The molecule has 1 aliphatic heterocycles. The van der Waals surface area contributed by atoms with Crippen LogP contribution in [0.15, 0.2) is 4.52 Å². The Morgan fingerprint density at radius 3 is 2.91 bits per heavy atom. The van der Waals surface area contributed by atoms with Crippen molar-refractivity contribution in [3.05, 3.63) is 11.7 Å². The highest BCUT2D eigenvalue weighted by atomic mass is 16.5. The molecule has 0 spiro atoms. The Bertz CT molecular complexity index is 489. The quantitative estimate of drug-likeness (QED) is 0.872. The lowest BCUT2D eigenvalue weighted by Gasteiger charge is -2.21. The Morgan fingerprint density at radius 2 is 2.32 bits per heavy atom. The maximum atomic E-state index is 12.4. The number of aryl methyl sites for hydroxylation is 1. The summed E-state index contributed by atoms with van der Waals surface area (Å²) >= 11 is 0. The summed E-state index contributed by atoms with van der Waals surface area (Å²) in [5.74, 6) is 1.54. The van der Waals surface area contributed by atoms with Gasteiger partial charge in [-0.2, -0.15) is 4.98 Å². The number of hydrogen-bond donors (Lipinski definition) is 1. The molecule has 1 saturated heterocycles. The van der Waals surface area contributed by atoms with Crippen LogP contribution in [0.2, 0.25) is 0 Å². The lowest BCUT2D eigenvalue weighted by Crippen LogP contribution is -2.41. The van der Waals surface area contributed by atoms with Gasteiger partial charge in [0.05, 0.1) is 12.1 Å². The van der Waals surface area contributed by atoms with E-state index in [4.69, 9.17) is 9.26 Å². The molecule has 7 heteroatoms. The van der Waals surface area contributed by atoms with Crippen LogP contribution in [0.1, 0.15) is 51.4 Å². The molecule has 7 nitrogen and oxygen atoms in total. The summed E-state index contributed by atoms with van der Waals surface area (Å²) in [6.07, 6.45) is 1.74. The summed E-state index contributed by atoms with van der Waals surface area (Å²) in [4.78, 5) is 18.3. The van der Waals surface area contributed by atoms with Crippen LogP contribution in [-0.4, -0.2) is 46.9 Å². The third-order valence-electron chi connectivity index (χ3n) is 3.66. The van der Waals surface area contributed by atoms with E-state index in [9.17, 15) is 4.79 Å². The summed E-state index contributed by atoms with van der Waals surface area (Å²) in [5, 5.41) is 6.86. The molecular weight excluding hydrogens is 284 g/mol. The zero-order chi connectivity index (χ0) is 16.1. The van der Waals surface area contributed by atoms with Crippen LogP contribution in [0.25, 0.3) is 0 Å². The molecule has 1 aromatic rings. The van der Waals surface area contributed by atoms with Crippen LogP contribution >= 0.6 is 0 Å². The fourth-order valence-electron chi connectivity index (χ4n) is 2.42. The number of nitrogens with zero attached hydrogens (tertiary/aromatic N) is 3. The van der Waals surface area contributed by atoms with Crippen LogP contribution in [0, 0.1) is 12.8 Å². The predicted octanol–water partition coefficient (Wildman–Crippen LogP) is 2.29. The van der Waals surface area contributed by atoms with Crippen LogP contribution in [0.4, 0.5) is 4.79 Å². The Kier molecular flexibility index (Phi) is 5.76. The SMILES string of the molecule is CC[C@H](NC(=O)N1CC[C@@H](OCC(C)C)C1)c1noc(C)n1. The highest BCUT2D eigenvalue weighted by Crippen LogP contribution is 2.17. The molecule has 1 N–H and O–H groups in total. The van der Waals surface area contributed by atoms with Crippen LogP contribution in [-0.2, 0) is 4.74 Å². The molecule has 0 bridgehead atoms. The first-order valence-electron chi connectivity index (χ1n) is 7.96. The van der Waals surface area contributed by atoms with Crippen molar-refractivity contribution < 1.29 is 14.1 Å². The van der Waals surface area contributed by atoms with Crippen molar-refractivity contribution in [2.45, 2.75) is 52.7 Å². The number of nitrogens with one attached hydrogen (secondary N) is 1. The van der Waals surface area contributed by atoms with Gasteiger partial charge in [0.15, 0.2) is 5.82 Å². The number of ether oxygens (including phenoxy) is 1. The highest BCUT2D eigenvalue weighted by molar-refractivity contribution is 5.75. The zero-order valence-electron chi connectivity index (χ0n) is 13.8. The van der Waals surface area contributed by atoms with Crippen LogP contribution in [0.5, 0.6) is 0 Å². The number of carbonyl (C=O) groups is 1. The van der Waals surface area contributed by atoms with E-state index in [-0.39, 0.29) is 18.2 Å². The molecule has 2 amide bonds. The summed E-state index contributed by atoms with van der Waals surface area (Å²) < 4.78 is 10.8. The van der Waals surface area contributed by atoms with Crippen molar-refractivity contribution in [2.75, 3.05) is 19.7 Å². The number of aromatic nitrogens is 2. The van der Waals surface area contributed by atoms with E-state index >= 15 is 0 Å². The van der Waals surface area contributed by atoms with Gasteiger partial charge in [-0.15, -0.1) is 0 Å². The van der Waals surface area contributed by atoms with Gasteiger partial charge in [0.2, 0.25) is 5.89 Å². The molecule has 0 unspecified atom stereocenters. The minimum Gasteiger partial charge on any atom is -0.376 e. The molecule has 124 valence electrons. The molecular formula is C15H26N4O3. The molecule has 0 aliphatic carbocycles. The van der Waals surface area contributed by atoms with Gasteiger partial charge in [-0.1, -0.05) is 25.9 Å². The van der Waals surface area contributed by atoms with Crippen molar-refractivity contribution >= 4 is 6.03 Å². The number of likely N-dealkylation sites (tertiary alicyclic amines) is 1. The smallest absolute Gasteiger partial charge is 0.318 e. The number of carbonyl (C=O) groups excluding carboxylic acids is 1. The van der Waals surface area contributed by atoms with Gasteiger partial charge in [-0.3, -0.25) is 0 Å². The monoisotopic (exact) mass is 310 g/mol. The van der Waals surface area contributed by atoms with E-state index in [0.29, 0.717) is 30.6 Å². The number of amides is 2. The van der Waals surface area contributed by atoms with Crippen molar-refractivity contribution in [3.63, 3.8) is 0 Å². The molecule has 2 atom stereocenters. The molecule has 0 radical (unpaired) electrons. The minimum absolute atomic E-state index is 0.0926. The standard InChI is InChI=1S/C15H26N4O3/c1-5-13(14-16-11(4)22-18-14)17-15(20)19-7-6-12(8-19)21-9-10(2)3/h10,12-13H,5-9H2,1-4H3,(H,17,20)/t12-,13+/m1/s1. The van der Waals surface area contributed by atoms with E-state index in [1.54, 1.807) is 11.8 Å². The van der Waals surface area contributed by atoms with Gasteiger partial charge in [0.25, 0.3) is 0 Å². The fraction of sp³-hybridized carbons (Fsp3) is 0.800. The van der Waals surface area contributed by atoms with Gasteiger partial charge in [0, 0.05) is 26.6 Å². The van der Waals surface area contributed by atoms with Gasteiger partial charge in [-0.25, -0.2) is 4.79 Å². The largest absolute Gasteiger partial charge is 0.376 e. The first-order chi connectivity index (χ1) is 10.5. The first-order valence-corrected chi connectivity index (χ1v) is 7.96. The van der Waals surface area contributed by atoms with Crippen LogP contribution in [0.3, 0.4) is 0 Å². The Hall–Kier alpha value is -1.63. The molecule has 1 fully saturated rings. The molecule has 2 rings (SSSR count). The molecule has 0 aromatic carbocycles. The average Bonchev–Trinajstić information content (AvgIpc) is 3.11. The van der Waals surface area contributed by atoms with E-state index in [1.807, 2.05) is 6.92 Å². The lowest BCUT2D eigenvalue weighted by atomic mass is 10.2. The fourth-order valence-corrected chi connectivity index (χ4v) is 2.42. The second-order valence-electron chi connectivity index (χ2n) is 6.17. The van der Waals surface area contributed by atoms with Crippen molar-refractivity contribution in [3.8, 4) is 0 Å². The average molecular weight is 310 g/mol. The normalized spacial score (nSPS) is 19.7. The number of hydrogen-bond acceptors (Lipinski definition) is 5. The number of rotatable bonds is 6. The van der Waals surface area contributed by atoms with Gasteiger partial charge in [-0.05, 0) is 18.8 Å². The summed E-state index contributed by atoms with van der Waals surface area (Å²) in [7, 11) is 0. The predicted molar refractivity (Wildman–Crippen MR) is 81.4 cm³/mol. The van der Waals surface area contributed by atoms with Crippen molar-refractivity contribution in [2.24, 2.45) is 5.92 Å². The highest BCUT2D eigenvalue weighted by Gasteiger charge is 2.29. The maximum absolute atomic E-state index is 12.4. The van der Waals surface area contributed by atoms with Crippen LogP contribution < -0.4 is 5.32 Å². The Labute approximate surface area is 131 Å². The second kappa shape index (κ2) is 7.58. The first kappa shape index (κ1) is 16.7.